The highest BCUT2D eigenvalue weighted by Crippen LogP contribution is 2.19. The van der Waals surface area contributed by atoms with Crippen molar-refractivity contribution in [2.75, 3.05) is 19.6 Å². The van der Waals surface area contributed by atoms with E-state index in [0.29, 0.717) is 32.0 Å². The molecule has 0 unspecified atom stereocenters. The van der Waals surface area contributed by atoms with Crippen LogP contribution in [-0.2, 0) is 16.0 Å². The van der Waals surface area contributed by atoms with Crippen molar-refractivity contribution in [2.45, 2.75) is 39.2 Å². The van der Waals surface area contributed by atoms with Crippen LogP contribution in [0, 0.1) is 5.92 Å². The third kappa shape index (κ3) is 5.33. The summed E-state index contributed by atoms with van der Waals surface area (Å²) in [7, 11) is 0. The van der Waals surface area contributed by atoms with E-state index in [4.69, 9.17) is 4.74 Å². The van der Waals surface area contributed by atoms with Crippen molar-refractivity contribution < 1.29 is 14.3 Å². The summed E-state index contributed by atoms with van der Waals surface area (Å²) in [6.45, 7) is 7.55. The molecule has 1 aliphatic rings. The molecule has 1 aromatic heterocycles. The Morgan fingerprint density at radius 2 is 2.23 bits per heavy atom. The van der Waals surface area contributed by atoms with E-state index in [-0.39, 0.29) is 12.0 Å². The summed E-state index contributed by atoms with van der Waals surface area (Å²) in [4.78, 5) is 25.6. The molecule has 2 amide bonds. The first-order valence-corrected chi connectivity index (χ1v) is 8.53. The zero-order valence-electron chi connectivity index (χ0n) is 13.4. The van der Waals surface area contributed by atoms with Crippen molar-refractivity contribution in [3.8, 4) is 0 Å². The standard InChI is InChI=1S/C16H24N2O3S/c1-16(2,3)21-15(20)18-6-4-13(10-18)9-17-14(19)8-12-5-7-22-11-12/h5,7,11,13H,4,6,8-10H2,1-3H3,(H,17,19)/t13-/m0/s1. The first-order chi connectivity index (χ1) is 10.3. The monoisotopic (exact) mass is 324 g/mol. The predicted octanol–water partition coefficient (Wildman–Crippen LogP) is 2.66. The molecule has 2 heterocycles. The molecule has 0 radical (unpaired) electrons. The predicted molar refractivity (Wildman–Crippen MR) is 86.9 cm³/mol. The summed E-state index contributed by atoms with van der Waals surface area (Å²) in [5.74, 6) is 0.341. The van der Waals surface area contributed by atoms with Gasteiger partial charge in [0.15, 0.2) is 0 Å². The van der Waals surface area contributed by atoms with Crippen LogP contribution < -0.4 is 5.32 Å². The summed E-state index contributed by atoms with van der Waals surface area (Å²) in [5.41, 5.74) is 0.577. The fourth-order valence-electron chi connectivity index (χ4n) is 2.39. The molecule has 0 saturated carbocycles. The molecule has 1 aromatic rings. The third-order valence-electron chi connectivity index (χ3n) is 3.47. The molecule has 1 saturated heterocycles. The summed E-state index contributed by atoms with van der Waals surface area (Å²) < 4.78 is 5.37. The minimum absolute atomic E-state index is 0.0362. The quantitative estimate of drug-likeness (QED) is 0.926. The molecule has 5 nitrogen and oxygen atoms in total. The van der Waals surface area contributed by atoms with E-state index in [1.807, 2.05) is 37.6 Å². The first-order valence-electron chi connectivity index (χ1n) is 7.59. The molecule has 1 N–H and O–H groups in total. The second kappa shape index (κ2) is 7.13. The van der Waals surface area contributed by atoms with E-state index in [2.05, 4.69) is 5.32 Å². The van der Waals surface area contributed by atoms with E-state index in [9.17, 15) is 9.59 Å². The van der Waals surface area contributed by atoms with Gasteiger partial charge in [-0.15, -0.1) is 0 Å². The lowest BCUT2D eigenvalue weighted by Gasteiger charge is -2.24. The Labute approximate surface area is 135 Å². The van der Waals surface area contributed by atoms with Crippen molar-refractivity contribution in [1.82, 2.24) is 10.2 Å². The summed E-state index contributed by atoms with van der Waals surface area (Å²) in [5, 5.41) is 6.91. The smallest absolute Gasteiger partial charge is 0.410 e. The Morgan fingerprint density at radius 3 is 2.86 bits per heavy atom. The molecule has 2 rings (SSSR count). The highest BCUT2D eigenvalue weighted by Gasteiger charge is 2.29. The molecule has 0 aliphatic carbocycles. The highest BCUT2D eigenvalue weighted by molar-refractivity contribution is 7.07. The molecule has 22 heavy (non-hydrogen) atoms. The van der Waals surface area contributed by atoms with E-state index in [1.165, 1.54) is 0 Å². The molecule has 0 bridgehead atoms. The highest BCUT2D eigenvalue weighted by atomic mass is 32.1. The summed E-state index contributed by atoms with van der Waals surface area (Å²) >= 11 is 1.59. The van der Waals surface area contributed by atoms with Crippen LogP contribution in [0.1, 0.15) is 32.8 Å². The molecular formula is C16H24N2O3S. The van der Waals surface area contributed by atoms with Gasteiger partial charge in [-0.3, -0.25) is 4.79 Å². The van der Waals surface area contributed by atoms with Crippen LogP contribution in [0.2, 0.25) is 0 Å². The van der Waals surface area contributed by atoms with Crippen LogP contribution in [0.3, 0.4) is 0 Å². The van der Waals surface area contributed by atoms with Gasteiger partial charge in [0.1, 0.15) is 5.60 Å². The van der Waals surface area contributed by atoms with Gasteiger partial charge in [-0.25, -0.2) is 4.79 Å². The third-order valence-corrected chi connectivity index (χ3v) is 4.20. The van der Waals surface area contributed by atoms with Gasteiger partial charge < -0.3 is 15.0 Å². The Balaban J connectivity index is 1.70. The van der Waals surface area contributed by atoms with Gasteiger partial charge in [0.2, 0.25) is 5.91 Å². The van der Waals surface area contributed by atoms with Crippen molar-refractivity contribution >= 4 is 23.3 Å². The van der Waals surface area contributed by atoms with Gasteiger partial charge in [-0.05, 0) is 55.5 Å². The Kier molecular flexibility index (Phi) is 5.45. The molecule has 122 valence electrons. The number of nitrogens with one attached hydrogen (secondary N) is 1. The second-order valence-electron chi connectivity index (χ2n) is 6.69. The average molecular weight is 324 g/mol. The number of carbonyl (C=O) groups is 2. The minimum atomic E-state index is -0.468. The maximum atomic E-state index is 12.0. The lowest BCUT2D eigenvalue weighted by atomic mass is 10.1. The number of nitrogens with zero attached hydrogens (tertiary/aromatic N) is 1. The lowest BCUT2D eigenvalue weighted by molar-refractivity contribution is -0.120. The molecule has 0 aromatic carbocycles. The fourth-order valence-corrected chi connectivity index (χ4v) is 3.06. The molecule has 1 atom stereocenters. The van der Waals surface area contributed by atoms with Crippen molar-refractivity contribution in [3.63, 3.8) is 0 Å². The van der Waals surface area contributed by atoms with Gasteiger partial charge in [0.05, 0.1) is 6.42 Å². The van der Waals surface area contributed by atoms with Crippen LogP contribution >= 0.6 is 11.3 Å². The van der Waals surface area contributed by atoms with E-state index in [1.54, 1.807) is 16.2 Å². The van der Waals surface area contributed by atoms with Gasteiger partial charge in [0, 0.05) is 19.6 Å². The molecule has 6 heteroatoms. The number of hydrogen-bond acceptors (Lipinski definition) is 4. The van der Waals surface area contributed by atoms with Gasteiger partial charge in [0.25, 0.3) is 0 Å². The number of amides is 2. The zero-order chi connectivity index (χ0) is 16.2. The normalized spacial score (nSPS) is 18.3. The van der Waals surface area contributed by atoms with Gasteiger partial charge in [-0.1, -0.05) is 0 Å². The number of carbonyl (C=O) groups excluding carboxylic acids is 2. The van der Waals surface area contributed by atoms with Crippen LogP contribution in [0.4, 0.5) is 4.79 Å². The number of thiophene rings is 1. The van der Waals surface area contributed by atoms with Crippen molar-refractivity contribution in [1.29, 1.82) is 0 Å². The molecule has 0 spiro atoms. The van der Waals surface area contributed by atoms with E-state index >= 15 is 0 Å². The maximum Gasteiger partial charge on any atom is 0.410 e. The molecular weight excluding hydrogens is 300 g/mol. The Hall–Kier alpha value is -1.56. The second-order valence-corrected chi connectivity index (χ2v) is 7.47. The summed E-state index contributed by atoms with van der Waals surface area (Å²) in [6, 6.07) is 1.96. The number of ether oxygens (including phenoxy) is 1. The minimum Gasteiger partial charge on any atom is -0.444 e. The summed E-state index contributed by atoms with van der Waals surface area (Å²) in [6.07, 6.45) is 1.06. The van der Waals surface area contributed by atoms with Gasteiger partial charge in [-0.2, -0.15) is 11.3 Å². The lowest BCUT2D eigenvalue weighted by Crippen LogP contribution is -2.36. The van der Waals surface area contributed by atoms with Crippen LogP contribution in [-0.4, -0.2) is 42.1 Å². The fraction of sp³-hybridized carbons (Fsp3) is 0.625. The number of hydrogen-bond donors (Lipinski definition) is 1. The topological polar surface area (TPSA) is 58.6 Å². The van der Waals surface area contributed by atoms with E-state index < -0.39 is 5.60 Å². The molecule has 1 aliphatic heterocycles. The first kappa shape index (κ1) is 16.8. The maximum absolute atomic E-state index is 12.0. The Bertz CT molecular complexity index is 508. The van der Waals surface area contributed by atoms with Crippen LogP contribution in [0.5, 0.6) is 0 Å². The molecule has 1 fully saturated rings. The van der Waals surface area contributed by atoms with E-state index in [0.717, 1.165) is 12.0 Å². The van der Waals surface area contributed by atoms with Crippen LogP contribution in [0.15, 0.2) is 16.8 Å². The SMILES string of the molecule is CC(C)(C)OC(=O)N1CC[C@@H](CNC(=O)Cc2ccsc2)C1. The van der Waals surface area contributed by atoms with Gasteiger partial charge >= 0.3 is 6.09 Å². The average Bonchev–Trinajstić information content (AvgIpc) is 3.05. The largest absolute Gasteiger partial charge is 0.444 e. The zero-order valence-corrected chi connectivity index (χ0v) is 14.2. The number of rotatable bonds is 4. The number of likely N-dealkylation sites (tertiary alicyclic amines) is 1. The van der Waals surface area contributed by atoms with Crippen LogP contribution in [0.25, 0.3) is 0 Å². The Morgan fingerprint density at radius 1 is 1.45 bits per heavy atom. The van der Waals surface area contributed by atoms with Crippen molar-refractivity contribution in [3.05, 3.63) is 22.4 Å². The van der Waals surface area contributed by atoms with Crippen molar-refractivity contribution in [2.24, 2.45) is 5.92 Å².